The maximum absolute atomic E-state index is 10.7. The third-order valence-electron chi connectivity index (χ3n) is 2.59. The minimum absolute atomic E-state index is 0.614. The first-order valence-electron chi connectivity index (χ1n) is 5.11. The van der Waals surface area contributed by atoms with E-state index in [2.05, 4.69) is 10.1 Å². The Labute approximate surface area is 96.3 Å². The molecule has 0 radical (unpaired) electrons. The van der Waals surface area contributed by atoms with Crippen molar-refractivity contribution in [2.75, 3.05) is 0 Å². The zero-order valence-corrected chi connectivity index (χ0v) is 8.79. The summed E-state index contributed by atoms with van der Waals surface area (Å²) in [6, 6.07) is 11.5. The molecule has 17 heavy (non-hydrogen) atoms. The molecule has 0 bridgehead atoms. The smallest absolute Gasteiger partial charge is 0.432 e. The van der Waals surface area contributed by atoms with Gasteiger partial charge < -0.3 is 10.1 Å². The summed E-state index contributed by atoms with van der Waals surface area (Å²) in [5.41, 5.74) is 2.43. The molecule has 0 spiro atoms. The number of H-pyrrole nitrogens is 1. The molecular formula is C12H9N3O2. The Morgan fingerprint density at radius 1 is 1.29 bits per heavy atom. The first-order chi connectivity index (χ1) is 8.24. The molecule has 5 nitrogen and oxygen atoms in total. The van der Waals surface area contributed by atoms with Crippen molar-refractivity contribution >= 4 is 17.0 Å². The van der Waals surface area contributed by atoms with Crippen molar-refractivity contribution in [3.63, 3.8) is 0 Å². The number of aromatic nitrogens is 3. The van der Waals surface area contributed by atoms with Gasteiger partial charge in [-0.25, -0.2) is 4.79 Å². The van der Waals surface area contributed by atoms with Crippen LogP contribution in [0.5, 0.6) is 0 Å². The van der Waals surface area contributed by atoms with Crippen molar-refractivity contribution in [2.24, 2.45) is 0 Å². The molecule has 0 unspecified atom stereocenters. The van der Waals surface area contributed by atoms with E-state index in [1.807, 2.05) is 30.3 Å². The Morgan fingerprint density at radius 2 is 2.12 bits per heavy atom. The molecule has 0 atom stereocenters. The van der Waals surface area contributed by atoms with Crippen LogP contribution < -0.4 is 0 Å². The predicted octanol–water partition coefficient (Wildman–Crippen LogP) is 2.56. The molecule has 0 aliphatic rings. The Balaban J connectivity index is 2.10. The minimum atomic E-state index is -1.09. The zero-order valence-electron chi connectivity index (χ0n) is 8.79. The topological polar surface area (TPSA) is 70.9 Å². The van der Waals surface area contributed by atoms with E-state index in [1.165, 1.54) is 6.20 Å². The average molecular weight is 227 g/mol. The van der Waals surface area contributed by atoms with Crippen molar-refractivity contribution < 1.29 is 9.90 Å². The van der Waals surface area contributed by atoms with E-state index in [0.29, 0.717) is 5.69 Å². The van der Waals surface area contributed by atoms with Gasteiger partial charge in [-0.15, -0.1) is 0 Å². The van der Waals surface area contributed by atoms with Gasteiger partial charge in [-0.2, -0.15) is 9.78 Å². The van der Waals surface area contributed by atoms with Gasteiger partial charge in [0.2, 0.25) is 0 Å². The molecule has 0 saturated carbocycles. The molecule has 2 aromatic heterocycles. The van der Waals surface area contributed by atoms with Gasteiger partial charge in [-0.1, -0.05) is 18.2 Å². The highest BCUT2D eigenvalue weighted by Gasteiger charge is 2.08. The van der Waals surface area contributed by atoms with Crippen molar-refractivity contribution in [3.8, 4) is 11.4 Å². The highest BCUT2D eigenvalue weighted by atomic mass is 16.4. The molecule has 5 heteroatoms. The second-order valence-corrected chi connectivity index (χ2v) is 3.70. The molecule has 3 rings (SSSR count). The van der Waals surface area contributed by atoms with Crippen LogP contribution in [-0.2, 0) is 0 Å². The minimum Gasteiger partial charge on any atom is -0.463 e. The molecule has 0 fully saturated rings. The lowest BCUT2D eigenvalue weighted by atomic mass is 10.2. The fourth-order valence-electron chi connectivity index (χ4n) is 1.79. The molecule has 0 aliphatic heterocycles. The summed E-state index contributed by atoms with van der Waals surface area (Å²) < 4.78 is 0.890. The molecule has 2 N–H and O–H groups in total. The number of para-hydroxylation sites is 1. The SMILES string of the molecule is O=C(O)n1ccc(-c2cc3ccccc3[nH]2)n1. The van der Waals surface area contributed by atoms with Crippen LogP contribution in [-0.4, -0.2) is 26.0 Å². The number of carboxylic acid groups (broad SMARTS) is 1. The number of fused-ring (bicyclic) bond motifs is 1. The van der Waals surface area contributed by atoms with Crippen molar-refractivity contribution in [1.82, 2.24) is 14.8 Å². The predicted molar refractivity (Wildman–Crippen MR) is 62.9 cm³/mol. The molecule has 0 saturated heterocycles. The molecular weight excluding hydrogens is 218 g/mol. The summed E-state index contributed by atoms with van der Waals surface area (Å²) in [6.45, 7) is 0. The Kier molecular flexibility index (Phi) is 1.98. The van der Waals surface area contributed by atoms with Gasteiger partial charge in [0.15, 0.2) is 0 Å². The Hall–Kier alpha value is -2.56. The Morgan fingerprint density at radius 3 is 2.82 bits per heavy atom. The maximum Gasteiger partial charge on any atom is 0.432 e. The first kappa shape index (κ1) is 9.65. The van der Waals surface area contributed by atoms with Gasteiger partial charge in [0, 0.05) is 17.1 Å². The second kappa shape index (κ2) is 3.48. The van der Waals surface area contributed by atoms with E-state index in [-0.39, 0.29) is 0 Å². The van der Waals surface area contributed by atoms with Crippen LogP contribution in [0.1, 0.15) is 0 Å². The zero-order chi connectivity index (χ0) is 11.8. The highest BCUT2D eigenvalue weighted by molar-refractivity contribution is 5.85. The molecule has 0 amide bonds. The van der Waals surface area contributed by atoms with Crippen molar-refractivity contribution in [2.45, 2.75) is 0 Å². The number of hydrogen-bond donors (Lipinski definition) is 2. The van der Waals surface area contributed by atoms with E-state index in [4.69, 9.17) is 5.11 Å². The normalized spacial score (nSPS) is 10.8. The quantitative estimate of drug-likeness (QED) is 0.671. The monoisotopic (exact) mass is 227 g/mol. The summed E-state index contributed by atoms with van der Waals surface area (Å²) in [4.78, 5) is 13.9. The molecule has 1 aromatic carbocycles. The van der Waals surface area contributed by atoms with Crippen LogP contribution in [0, 0.1) is 0 Å². The fraction of sp³-hybridized carbons (Fsp3) is 0. The van der Waals surface area contributed by atoms with Crippen molar-refractivity contribution in [3.05, 3.63) is 42.6 Å². The largest absolute Gasteiger partial charge is 0.463 e. The summed E-state index contributed by atoms with van der Waals surface area (Å²) in [5.74, 6) is 0. The van der Waals surface area contributed by atoms with Crippen LogP contribution in [0.3, 0.4) is 0 Å². The van der Waals surface area contributed by atoms with E-state index in [1.54, 1.807) is 6.07 Å². The third kappa shape index (κ3) is 1.57. The maximum atomic E-state index is 10.7. The number of carbonyl (C=O) groups is 1. The van der Waals surface area contributed by atoms with Crippen LogP contribution in [0.2, 0.25) is 0 Å². The van der Waals surface area contributed by atoms with Crippen LogP contribution in [0.25, 0.3) is 22.3 Å². The number of nitrogens with one attached hydrogen (secondary N) is 1. The number of hydrogen-bond acceptors (Lipinski definition) is 2. The summed E-state index contributed by atoms with van der Waals surface area (Å²) >= 11 is 0. The molecule has 3 aromatic rings. The van der Waals surface area contributed by atoms with E-state index >= 15 is 0 Å². The number of rotatable bonds is 1. The van der Waals surface area contributed by atoms with Crippen LogP contribution >= 0.6 is 0 Å². The lowest BCUT2D eigenvalue weighted by Crippen LogP contribution is -2.07. The van der Waals surface area contributed by atoms with Crippen LogP contribution in [0.15, 0.2) is 42.6 Å². The van der Waals surface area contributed by atoms with Gasteiger partial charge in [-0.3, -0.25) is 0 Å². The summed E-state index contributed by atoms with van der Waals surface area (Å²) in [6.07, 6.45) is 0.329. The van der Waals surface area contributed by atoms with Crippen LogP contribution in [0.4, 0.5) is 4.79 Å². The van der Waals surface area contributed by atoms with Gasteiger partial charge >= 0.3 is 6.09 Å². The lowest BCUT2D eigenvalue weighted by Gasteiger charge is -1.90. The number of nitrogens with zero attached hydrogens (tertiary/aromatic N) is 2. The second-order valence-electron chi connectivity index (χ2n) is 3.70. The van der Waals surface area contributed by atoms with Gasteiger partial charge in [0.05, 0.1) is 5.69 Å². The standard InChI is InChI=1S/C12H9N3O2/c16-12(17)15-6-5-10(14-15)11-7-8-3-1-2-4-9(8)13-11/h1-7,13H,(H,16,17). The van der Waals surface area contributed by atoms with Gasteiger partial charge in [-0.05, 0) is 18.2 Å². The first-order valence-corrected chi connectivity index (χ1v) is 5.11. The number of aromatic amines is 1. The van der Waals surface area contributed by atoms with E-state index in [9.17, 15) is 4.79 Å². The molecule has 0 aliphatic carbocycles. The lowest BCUT2D eigenvalue weighted by molar-refractivity contribution is 0.192. The molecule has 2 heterocycles. The van der Waals surface area contributed by atoms with Gasteiger partial charge in [0.25, 0.3) is 0 Å². The Bertz CT molecular complexity index is 663. The fourth-order valence-corrected chi connectivity index (χ4v) is 1.79. The molecule has 84 valence electrons. The average Bonchev–Trinajstić information content (AvgIpc) is 2.95. The highest BCUT2D eigenvalue weighted by Crippen LogP contribution is 2.22. The third-order valence-corrected chi connectivity index (χ3v) is 2.59. The van der Waals surface area contributed by atoms with Gasteiger partial charge in [0.1, 0.15) is 5.69 Å². The summed E-state index contributed by atoms with van der Waals surface area (Å²) in [7, 11) is 0. The summed E-state index contributed by atoms with van der Waals surface area (Å²) in [5, 5.41) is 13.8. The van der Waals surface area contributed by atoms with Crippen molar-refractivity contribution in [1.29, 1.82) is 0 Å². The van der Waals surface area contributed by atoms with E-state index in [0.717, 1.165) is 21.3 Å². The number of benzene rings is 1. The van der Waals surface area contributed by atoms with E-state index < -0.39 is 6.09 Å².